The number of anilines is 1. The van der Waals surface area contributed by atoms with E-state index in [1.54, 1.807) is 60.4 Å². The van der Waals surface area contributed by atoms with Crippen LogP contribution in [0, 0.1) is 0 Å². The van der Waals surface area contributed by atoms with Crippen molar-refractivity contribution >= 4 is 51.3 Å². The van der Waals surface area contributed by atoms with Gasteiger partial charge in [0.2, 0.25) is 0 Å². The van der Waals surface area contributed by atoms with E-state index >= 15 is 0 Å². The number of thioether (sulfide) groups is 1. The monoisotopic (exact) mass is 465 g/mol. The van der Waals surface area contributed by atoms with E-state index in [2.05, 4.69) is 31.5 Å². The molecule has 0 saturated carbocycles. The molecule has 148 valence electrons. The largest absolute Gasteiger partial charge is 0.454 e. The second-order valence-electron chi connectivity index (χ2n) is 5.69. The van der Waals surface area contributed by atoms with Gasteiger partial charge < -0.3 is 15.4 Å². The third kappa shape index (κ3) is 7.32. The van der Waals surface area contributed by atoms with Crippen LogP contribution in [0.2, 0.25) is 0 Å². The predicted molar refractivity (Wildman–Crippen MR) is 112 cm³/mol. The lowest BCUT2D eigenvalue weighted by Gasteiger charge is -2.17. The van der Waals surface area contributed by atoms with Gasteiger partial charge in [-0.05, 0) is 58.6 Å². The highest BCUT2D eigenvalue weighted by atomic mass is 79.9. The first kappa shape index (κ1) is 21.9. The van der Waals surface area contributed by atoms with Gasteiger partial charge in [-0.1, -0.05) is 18.2 Å². The Morgan fingerprint density at radius 1 is 1.18 bits per heavy atom. The van der Waals surface area contributed by atoms with E-state index in [1.165, 1.54) is 0 Å². The van der Waals surface area contributed by atoms with Crippen molar-refractivity contribution in [2.24, 2.45) is 0 Å². The quantitative estimate of drug-likeness (QED) is 0.552. The number of carbonyl (C=O) groups excluding carboxylic acids is 3. The lowest BCUT2D eigenvalue weighted by Crippen LogP contribution is -2.43. The number of benzene rings is 1. The van der Waals surface area contributed by atoms with E-state index < -0.39 is 24.5 Å². The number of carbonyl (C=O) groups is 3. The fourth-order valence-electron chi connectivity index (χ4n) is 2.18. The van der Waals surface area contributed by atoms with E-state index in [4.69, 9.17) is 4.74 Å². The number of rotatable bonds is 9. The summed E-state index contributed by atoms with van der Waals surface area (Å²) in [4.78, 5) is 40.6. The third-order valence-electron chi connectivity index (χ3n) is 3.58. The SMILES string of the molecule is CSCC[C@H](NC(=O)c1ccccc1)C(=O)OCC(=O)Nc1ccc(Br)cn1. The summed E-state index contributed by atoms with van der Waals surface area (Å²) in [6, 6.07) is 11.1. The van der Waals surface area contributed by atoms with Crippen molar-refractivity contribution in [1.82, 2.24) is 10.3 Å². The summed E-state index contributed by atoms with van der Waals surface area (Å²) < 4.78 is 5.86. The van der Waals surface area contributed by atoms with Gasteiger partial charge in [-0.15, -0.1) is 0 Å². The number of ether oxygens (including phenoxy) is 1. The molecule has 0 radical (unpaired) electrons. The zero-order valence-corrected chi connectivity index (χ0v) is 17.6. The van der Waals surface area contributed by atoms with Gasteiger partial charge in [0.25, 0.3) is 11.8 Å². The fraction of sp³-hybridized carbons (Fsp3) is 0.263. The molecule has 7 nitrogen and oxygen atoms in total. The Kier molecular flexibility index (Phi) is 8.96. The van der Waals surface area contributed by atoms with E-state index in [-0.39, 0.29) is 5.91 Å². The summed E-state index contributed by atoms with van der Waals surface area (Å²) in [6.45, 7) is -0.465. The van der Waals surface area contributed by atoms with Crippen molar-refractivity contribution in [1.29, 1.82) is 0 Å². The molecular weight excluding hydrogens is 446 g/mol. The van der Waals surface area contributed by atoms with Crippen LogP contribution in [0.25, 0.3) is 0 Å². The Morgan fingerprint density at radius 2 is 1.93 bits per heavy atom. The molecule has 2 rings (SSSR count). The number of halogens is 1. The average Bonchev–Trinajstić information content (AvgIpc) is 2.71. The fourth-order valence-corrected chi connectivity index (χ4v) is 2.89. The normalized spacial score (nSPS) is 11.4. The zero-order valence-electron chi connectivity index (χ0n) is 15.2. The van der Waals surface area contributed by atoms with Crippen LogP contribution in [0.1, 0.15) is 16.8 Å². The van der Waals surface area contributed by atoms with Crippen LogP contribution >= 0.6 is 27.7 Å². The minimum atomic E-state index is -0.834. The summed E-state index contributed by atoms with van der Waals surface area (Å²) in [5.41, 5.74) is 0.448. The van der Waals surface area contributed by atoms with E-state index in [1.807, 2.05) is 6.26 Å². The van der Waals surface area contributed by atoms with Crippen molar-refractivity contribution < 1.29 is 19.1 Å². The Labute approximate surface area is 175 Å². The maximum Gasteiger partial charge on any atom is 0.329 e. The topological polar surface area (TPSA) is 97.4 Å². The van der Waals surface area contributed by atoms with Gasteiger partial charge in [-0.2, -0.15) is 11.8 Å². The molecule has 0 spiro atoms. The first-order chi connectivity index (χ1) is 13.5. The molecular formula is C19H20BrN3O4S. The highest BCUT2D eigenvalue weighted by Crippen LogP contribution is 2.10. The van der Waals surface area contributed by atoms with Gasteiger partial charge in [0.15, 0.2) is 6.61 Å². The van der Waals surface area contributed by atoms with E-state index in [0.29, 0.717) is 23.6 Å². The maximum absolute atomic E-state index is 12.4. The third-order valence-corrected chi connectivity index (χ3v) is 4.69. The molecule has 0 aliphatic carbocycles. The smallest absolute Gasteiger partial charge is 0.329 e. The standard InChI is InChI=1S/C19H20BrN3O4S/c1-28-10-9-15(22-18(25)13-5-3-2-4-6-13)19(26)27-12-17(24)23-16-8-7-14(20)11-21-16/h2-8,11,15H,9-10,12H2,1H3,(H,22,25)(H,21,23,24)/t15-/m0/s1. The lowest BCUT2D eigenvalue weighted by atomic mass is 10.1. The van der Waals surface area contributed by atoms with Crippen molar-refractivity contribution in [2.75, 3.05) is 23.9 Å². The number of aromatic nitrogens is 1. The Bertz CT molecular complexity index is 803. The summed E-state index contributed by atoms with van der Waals surface area (Å²) in [6.07, 6.45) is 3.84. The van der Waals surface area contributed by atoms with Crippen LogP contribution in [0.3, 0.4) is 0 Å². The minimum Gasteiger partial charge on any atom is -0.454 e. The first-order valence-electron chi connectivity index (χ1n) is 8.42. The van der Waals surface area contributed by atoms with Crippen LogP contribution < -0.4 is 10.6 Å². The summed E-state index contributed by atoms with van der Waals surface area (Å²) >= 11 is 4.80. The van der Waals surface area contributed by atoms with Gasteiger partial charge in [0.05, 0.1) is 0 Å². The molecule has 2 N–H and O–H groups in total. The molecule has 2 aromatic rings. The zero-order chi connectivity index (χ0) is 20.4. The van der Waals surface area contributed by atoms with Gasteiger partial charge in [0, 0.05) is 16.2 Å². The number of amides is 2. The van der Waals surface area contributed by atoms with Crippen LogP contribution in [0.5, 0.6) is 0 Å². The molecule has 1 heterocycles. The van der Waals surface area contributed by atoms with E-state index in [0.717, 1.165) is 4.47 Å². The van der Waals surface area contributed by atoms with Gasteiger partial charge in [0.1, 0.15) is 11.9 Å². The van der Waals surface area contributed by atoms with Gasteiger partial charge >= 0.3 is 5.97 Å². The van der Waals surface area contributed by atoms with Crippen LogP contribution in [-0.2, 0) is 14.3 Å². The number of nitrogens with one attached hydrogen (secondary N) is 2. The van der Waals surface area contributed by atoms with Gasteiger partial charge in [-0.25, -0.2) is 9.78 Å². The number of esters is 1. The maximum atomic E-state index is 12.4. The molecule has 0 fully saturated rings. The van der Waals surface area contributed by atoms with Crippen LogP contribution in [0.15, 0.2) is 53.1 Å². The first-order valence-corrected chi connectivity index (χ1v) is 10.6. The molecule has 2 amide bonds. The number of hydrogen-bond donors (Lipinski definition) is 2. The predicted octanol–water partition coefficient (Wildman–Crippen LogP) is 2.88. The molecule has 0 saturated heterocycles. The molecule has 0 bridgehead atoms. The summed E-state index contributed by atoms with van der Waals surface area (Å²) in [5, 5.41) is 5.21. The molecule has 28 heavy (non-hydrogen) atoms. The second kappa shape index (κ2) is 11.5. The van der Waals surface area contributed by atoms with Crippen LogP contribution in [0.4, 0.5) is 5.82 Å². The number of pyridine rings is 1. The summed E-state index contributed by atoms with van der Waals surface area (Å²) in [7, 11) is 0. The summed E-state index contributed by atoms with van der Waals surface area (Å²) in [5.74, 6) is -0.532. The van der Waals surface area contributed by atoms with Crippen molar-refractivity contribution in [3.63, 3.8) is 0 Å². The Morgan fingerprint density at radius 3 is 2.57 bits per heavy atom. The van der Waals surface area contributed by atoms with Crippen molar-refractivity contribution in [3.05, 3.63) is 58.7 Å². The molecule has 0 aliphatic heterocycles. The average molecular weight is 466 g/mol. The van der Waals surface area contributed by atoms with Crippen molar-refractivity contribution in [2.45, 2.75) is 12.5 Å². The molecule has 1 aromatic heterocycles. The molecule has 0 unspecified atom stereocenters. The Balaban J connectivity index is 1.89. The Hall–Kier alpha value is -2.39. The molecule has 9 heteroatoms. The van der Waals surface area contributed by atoms with Crippen LogP contribution in [-0.4, -0.2) is 47.4 Å². The van der Waals surface area contributed by atoms with Gasteiger partial charge in [-0.3, -0.25) is 9.59 Å². The molecule has 0 aliphatic rings. The molecule has 1 atom stereocenters. The number of nitrogens with zero attached hydrogens (tertiary/aromatic N) is 1. The van der Waals surface area contributed by atoms with Crippen molar-refractivity contribution in [3.8, 4) is 0 Å². The minimum absolute atomic E-state index is 0.348. The molecule has 1 aromatic carbocycles. The second-order valence-corrected chi connectivity index (χ2v) is 7.59. The lowest BCUT2D eigenvalue weighted by molar-refractivity contribution is -0.149. The highest BCUT2D eigenvalue weighted by molar-refractivity contribution is 9.10. The number of hydrogen-bond acceptors (Lipinski definition) is 6. The highest BCUT2D eigenvalue weighted by Gasteiger charge is 2.23. The van der Waals surface area contributed by atoms with E-state index in [9.17, 15) is 14.4 Å².